The van der Waals surface area contributed by atoms with Gasteiger partial charge >= 0.3 is 5.97 Å². The molecule has 0 saturated carbocycles. The summed E-state index contributed by atoms with van der Waals surface area (Å²) in [7, 11) is -2.10. The maximum atomic E-state index is 14.1. The molecule has 1 aliphatic heterocycles. The Labute approximate surface area is 268 Å². The predicted octanol–water partition coefficient (Wildman–Crippen LogP) is 5.57. The van der Waals surface area contributed by atoms with Crippen LogP contribution in [0.3, 0.4) is 0 Å². The minimum atomic E-state index is -3.98. The van der Waals surface area contributed by atoms with Crippen LogP contribution in [0.15, 0.2) is 35.4 Å². The third-order valence-corrected chi connectivity index (χ3v) is 11.0. The molecule has 238 valence electrons. The first-order valence-corrected chi connectivity index (χ1v) is 17.3. The minimum absolute atomic E-state index is 0.0256. The molecule has 0 bridgehead atoms. The quantitative estimate of drug-likeness (QED) is 0.227. The van der Waals surface area contributed by atoms with E-state index in [-0.39, 0.29) is 59.9 Å². The van der Waals surface area contributed by atoms with Crippen LogP contribution in [0, 0.1) is 13.8 Å². The Bertz CT molecular complexity index is 1910. The SMILES string of the molecule is CCOC(=O)C[C@H](c1cc2c(c(CN3C[C@@H](CC)Oc4ncc(Cl)cc4S3(=O)=O)c1)CCC2)c1cc(C)c2c(nnn2C)c1C. The van der Waals surface area contributed by atoms with E-state index in [1.807, 2.05) is 27.8 Å². The molecule has 0 N–H and O–H groups in total. The molecule has 10 nitrogen and oxygen atoms in total. The van der Waals surface area contributed by atoms with Crippen LogP contribution >= 0.6 is 11.6 Å². The number of hydrogen-bond acceptors (Lipinski definition) is 8. The van der Waals surface area contributed by atoms with Gasteiger partial charge in [0.2, 0.25) is 15.9 Å². The molecule has 6 rings (SSSR count). The van der Waals surface area contributed by atoms with E-state index in [1.54, 1.807) is 11.6 Å². The Hall–Kier alpha value is -3.54. The fraction of sp³-hybridized carbons (Fsp3) is 0.455. The number of carbonyl (C=O) groups is 1. The highest BCUT2D eigenvalue weighted by molar-refractivity contribution is 7.89. The first-order valence-electron chi connectivity index (χ1n) is 15.4. The summed E-state index contributed by atoms with van der Waals surface area (Å²) in [4.78, 5) is 17.2. The van der Waals surface area contributed by atoms with Crippen molar-refractivity contribution in [2.75, 3.05) is 13.2 Å². The van der Waals surface area contributed by atoms with Gasteiger partial charge in [0, 0.05) is 25.7 Å². The number of nitrogens with zero attached hydrogens (tertiary/aromatic N) is 5. The van der Waals surface area contributed by atoms with Gasteiger partial charge in [-0.1, -0.05) is 41.9 Å². The highest BCUT2D eigenvalue weighted by atomic mass is 35.5. The van der Waals surface area contributed by atoms with Gasteiger partial charge in [0.15, 0.2) is 0 Å². The van der Waals surface area contributed by atoms with Crippen molar-refractivity contribution in [1.29, 1.82) is 0 Å². The van der Waals surface area contributed by atoms with E-state index in [4.69, 9.17) is 21.1 Å². The molecule has 0 spiro atoms. The second-order valence-electron chi connectivity index (χ2n) is 12.0. The number of halogens is 1. The van der Waals surface area contributed by atoms with E-state index in [9.17, 15) is 13.2 Å². The van der Waals surface area contributed by atoms with Gasteiger partial charge in [0.1, 0.15) is 16.5 Å². The van der Waals surface area contributed by atoms with Crippen molar-refractivity contribution >= 4 is 38.6 Å². The number of sulfonamides is 1. The minimum Gasteiger partial charge on any atom is -0.472 e. The van der Waals surface area contributed by atoms with E-state index in [1.165, 1.54) is 27.7 Å². The van der Waals surface area contributed by atoms with E-state index in [0.717, 1.165) is 58.1 Å². The molecule has 0 amide bonds. The maximum absolute atomic E-state index is 14.1. The molecule has 1 aliphatic carbocycles. The van der Waals surface area contributed by atoms with Crippen molar-refractivity contribution < 1.29 is 22.7 Å². The summed E-state index contributed by atoms with van der Waals surface area (Å²) >= 11 is 6.20. The summed E-state index contributed by atoms with van der Waals surface area (Å²) in [5, 5.41) is 8.93. The van der Waals surface area contributed by atoms with Crippen LogP contribution in [0.1, 0.15) is 78.0 Å². The lowest BCUT2D eigenvalue weighted by Gasteiger charge is -2.26. The zero-order valence-corrected chi connectivity index (χ0v) is 27.8. The molecule has 12 heteroatoms. The molecular weight excluding hydrogens is 614 g/mol. The van der Waals surface area contributed by atoms with Crippen LogP contribution < -0.4 is 4.74 Å². The van der Waals surface area contributed by atoms with Crippen molar-refractivity contribution in [3.8, 4) is 5.88 Å². The van der Waals surface area contributed by atoms with Gasteiger partial charge in [-0.3, -0.25) is 4.79 Å². The number of aromatic nitrogens is 4. The molecular formula is C33H38ClN5O5S. The Balaban J connectivity index is 1.48. The molecule has 0 fully saturated rings. The molecule has 3 heterocycles. The predicted molar refractivity (Wildman–Crippen MR) is 171 cm³/mol. The third kappa shape index (κ3) is 5.81. The lowest BCUT2D eigenvalue weighted by atomic mass is 9.82. The summed E-state index contributed by atoms with van der Waals surface area (Å²) in [6.07, 6.45) is 4.52. The first-order chi connectivity index (χ1) is 21.5. The standard InChI is InChI=1S/C33H38ClN5O5S/c1-6-25-18-39(45(41,42)29-14-24(34)16-35-33(29)44-25)17-23-13-22(12-21-9-8-10-26(21)23)28(15-30(40)43-7-2)27-11-19(3)32-31(20(27)4)36-37-38(32)5/h11-14,16,25,28H,6-10,15,17-18H2,1-5H3/t25-,28-/m1/s1. The monoisotopic (exact) mass is 651 g/mol. The van der Waals surface area contributed by atoms with Gasteiger partial charge in [-0.25, -0.2) is 18.1 Å². The Kier molecular flexibility index (Phi) is 8.62. The van der Waals surface area contributed by atoms with Gasteiger partial charge in [0.25, 0.3) is 0 Å². The maximum Gasteiger partial charge on any atom is 0.306 e. The lowest BCUT2D eigenvalue weighted by molar-refractivity contribution is -0.143. The Morgan fingerprint density at radius 2 is 1.98 bits per heavy atom. The van der Waals surface area contributed by atoms with Crippen LogP contribution in [0.2, 0.25) is 5.02 Å². The number of pyridine rings is 1. The van der Waals surface area contributed by atoms with Gasteiger partial charge in [-0.2, -0.15) is 4.31 Å². The van der Waals surface area contributed by atoms with Crippen molar-refractivity contribution in [3.05, 3.63) is 74.4 Å². The number of aryl methyl sites for hydroxylation is 4. The van der Waals surface area contributed by atoms with Crippen LogP contribution in [0.4, 0.5) is 0 Å². The number of esters is 1. The molecule has 45 heavy (non-hydrogen) atoms. The molecule has 2 aliphatic rings. The molecule has 2 aromatic carbocycles. The van der Waals surface area contributed by atoms with Gasteiger partial charge in [-0.05, 0) is 91.5 Å². The third-order valence-electron chi connectivity index (χ3n) is 9.03. The van der Waals surface area contributed by atoms with Crippen LogP contribution in [0.25, 0.3) is 11.0 Å². The zero-order valence-electron chi connectivity index (χ0n) is 26.3. The molecule has 4 aromatic rings. The van der Waals surface area contributed by atoms with Crippen LogP contribution in [0.5, 0.6) is 5.88 Å². The molecule has 0 radical (unpaired) electrons. The second kappa shape index (κ2) is 12.3. The number of ether oxygens (including phenoxy) is 2. The van der Waals surface area contributed by atoms with Crippen molar-refractivity contribution in [2.24, 2.45) is 7.05 Å². The van der Waals surface area contributed by atoms with Crippen molar-refractivity contribution in [1.82, 2.24) is 24.3 Å². The van der Waals surface area contributed by atoms with Gasteiger partial charge in [-0.15, -0.1) is 5.10 Å². The van der Waals surface area contributed by atoms with E-state index in [2.05, 4.69) is 33.5 Å². The van der Waals surface area contributed by atoms with E-state index < -0.39 is 10.0 Å². The molecule has 2 atom stereocenters. The number of fused-ring (bicyclic) bond motifs is 3. The number of hydrogen-bond donors (Lipinski definition) is 0. The Morgan fingerprint density at radius 3 is 2.73 bits per heavy atom. The molecule has 2 aromatic heterocycles. The topological polar surface area (TPSA) is 117 Å². The highest BCUT2D eigenvalue weighted by Crippen LogP contribution is 2.40. The number of carbonyl (C=O) groups excluding carboxylic acids is 1. The zero-order chi connectivity index (χ0) is 32.0. The normalized spacial score (nSPS) is 18.2. The highest BCUT2D eigenvalue weighted by Gasteiger charge is 2.36. The summed E-state index contributed by atoms with van der Waals surface area (Å²) in [6, 6.07) is 7.81. The first kappa shape index (κ1) is 31.4. The average molecular weight is 652 g/mol. The summed E-state index contributed by atoms with van der Waals surface area (Å²) in [5.74, 6) is -0.539. The second-order valence-corrected chi connectivity index (χ2v) is 14.3. The number of benzene rings is 2. The van der Waals surface area contributed by atoms with Crippen LogP contribution in [-0.2, 0) is 46.0 Å². The largest absolute Gasteiger partial charge is 0.472 e. The summed E-state index contributed by atoms with van der Waals surface area (Å²) < 4.78 is 42.9. The van der Waals surface area contributed by atoms with Crippen molar-refractivity contribution in [2.45, 2.75) is 83.3 Å². The van der Waals surface area contributed by atoms with E-state index >= 15 is 0 Å². The Morgan fingerprint density at radius 1 is 1.18 bits per heavy atom. The van der Waals surface area contributed by atoms with Gasteiger partial charge in [0.05, 0.1) is 30.1 Å². The van der Waals surface area contributed by atoms with E-state index in [0.29, 0.717) is 6.42 Å². The fourth-order valence-corrected chi connectivity index (χ4v) is 8.58. The fourth-order valence-electron chi connectivity index (χ4n) is 6.81. The summed E-state index contributed by atoms with van der Waals surface area (Å²) in [6.45, 7) is 8.45. The lowest BCUT2D eigenvalue weighted by Crippen LogP contribution is -2.36. The number of rotatable bonds is 8. The summed E-state index contributed by atoms with van der Waals surface area (Å²) in [5.41, 5.74) is 8.94. The van der Waals surface area contributed by atoms with Crippen LogP contribution in [-0.4, -0.2) is 57.9 Å². The van der Waals surface area contributed by atoms with Gasteiger partial charge < -0.3 is 9.47 Å². The smallest absolute Gasteiger partial charge is 0.306 e. The average Bonchev–Trinajstić information content (AvgIpc) is 3.62. The molecule has 0 unspecified atom stereocenters. The molecule has 0 saturated heterocycles. The van der Waals surface area contributed by atoms with Crippen molar-refractivity contribution in [3.63, 3.8) is 0 Å².